The molecule has 9 N–H and O–H groups in total. The van der Waals surface area contributed by atoms with Gasteiger partial charge in [0.1, 0.15) is 13.2 Å². The Hall–Kier alpha value is -2.42. The van der Waals surface area contributed by atoms with Gasteiger partial charge in [0.2, 0.25) is 0 Å². The number of esters is 2. The molecule has 0 aliphatic carbocycles. The fourth-order valence-corrected chi connectivity index (χ4v) is 1.29. The van der Waals surface area contributed by atoms with Crippen molar-refractivity contribution in [2.75, 3.05) is 26.4 Å². The van der Waals surface area contributed by atoms with Crippen LogP contribution in [-0.2, 0) is 38.0 Å². The first-order chi connectivity index (χ1) is 13.8. The highest BCUT2D eigenvalue weighted by atomic mass is 16.8. The van der Waals surface area contributed by atoms with Gasteiger partial charge in [-0.05, 0) is 0 Å². The molecule has 4 atom stereocenters. The molecule has 0 aromatic heterocycles. The van der Waals surface area contributed by atoms with E-state index in [0.717, 1.165) is 0 Å². The monoisotopic (exact) mass is 446 g/mol. The molecule has 0 saturated heterocycles. The molecule has 0 amide bonds. The lowest BCUT2D eigenvalue weighted by atomic mass is 10.2. The Kier molecular flexibility index (Phi) is 10.7. The van der Waals surface area contributed by atoms with Gasteiger partial charge >= 0.3 is 42.8 Å². The van der Waals surface area contributed by atoms with Crippen molar-refractivity contribution in [3.05, 3.63) is 0 Å². The smallest absolute Gasteiger partial charge is 0.469 e. The van der Waals surface area contributed by atoms with E-state index in [-0.39, 0.29) is 0 Å². The Bertz CT molecular complexity index is 574. The second-order valence-corrected chi connectivity index (χ2v) is 5.24. The van der Waals surface area contributed by atoms with Crippen LogP contribution in [0.25, 0.3) is 0 Å². The van der Waals surface area contributed by atoms with Crippen molar-refractivity contribution in [2.24, 2.45) is 0 Å². The zero-order valence-corrected chi connectivity index (χ0v) is 14.9. The number of carbonyl (C=O) groups excluding carboxylic acids is 4. The molecule has 0 radical (unpaired) electrons. The van der Waals surface area contributed by atoms with E-state index in [1.54, 1.807) is 0 Å². The zero-order valence-electron chi connectivity index (χ0n) is 14.9. The van der Waals surface area contributed by atoms with Gasteiger partial charge in [0.15, 0.2) is 12.2 Å². The van der Waals surface area contributed by atoms with Crippen molar-refractivity contribution < 1.29 is 83.8 Å². The molecule has 0 rings (SSSR count). The Balaban J connectivity index is 5.12. The molecule has 4 unspecified atom stereocenters. The van der Waals surface area contributed by atoms with E-state index in [9.17, 15) is 34.4 Å². The molecule has 0 heterocycles. The van der Waals surface area contributed by atoms with Gasteiger partial charge in [0.05, 0.1) is 13.2 Å². The van der Waals surface area contributed by atoms with E-state index < -0.39 is 81.4 Å². The quantitative estimate of drug-likeness (QED) is 0.0764. The van der Waals surface area contributed by atoms with E-state index in [0.29, 0.717) is 0 Å². The van der Waals surface area contributed by atoms with Crippen molar-refractivity contribution in [1.82, 2.24) is 0 Å². The third-order valence-corrected chi connectivity index (χ3v) is 2.91. The van der Waals surface area contributed by atoms with Crippen molar-refractivity contribution in [3.8, 4) is 0 Å². The van der Waals surface area contributed by atoms with Gasteiger partial charge in [-0.25, -0.2) is 19.2 Å². The molecule has 17 nitrogen and oxygen atoms in total. The Morgan fingerprint density at radius 1 is 0.733 bits per heavy atom. The summed E-state index contributed by atoms with van der Waals surface area (Å²) in [6.07, 6.45) is -4.47. The van der Waals surface area contributed by atoms with Crippen LogP contribution < -0.4 is 0 Å². The zero-order chi connectivity index (χ0) is 23.7. The van der Waals surface area contributed by atoms with Crippen molar-refractivity contribution >= 4 is 31.2 Å². The Morgan fingerprint density at radius 3 is 1.27 bits per heavy atom. The van der Waals surface area contributed by atoms with Crippen LogP contribution in [0.4, 0.5) is 0 Å². The summed E-state index contributed by atoms with van der Waals surface area (Å²) in [4.78, 5) is 45.9. The van der Waals surface area contributed by atoms with Gasteiger partial charge in [-0.1, -0.05) is 0 Å². The first-order valence-corrected chi connectivity index (χ1v) is 7.60. The third kappa shape index (κ3) is 7.44. The molecule has 18 heteroatoms. The Morgan fingerprint density at radius 2 is 1.03 bits per heavy atom. The minimum Gasteiger partial charge on any atom is -0.469 e. The average Bonchev–Trinajstić information content (AvgIpc) is 2.71. The number of hydrogen-bond donors (Lipinski definition) is 9. The number of aliphatic hydroxyl groups is 8. The van der Waals surface area contributed by atoms with E-state index in [4.69, 9.17) is 30.6 Å². The summed E-state index contributed by atoms with van der Waals surface area (Å²) in [7, 11) is -3.02. The summed E-state index contributed by atoms with van der Waals surface area (Å²) in [5, 5.41) is 81.7. The summed E-state index contributed by atoms with van der Waals surface area (Å²) >= 11 is 0. The first-order valence-electron chi connectivity index (χ1n) is 7.60. The maximum absolute atomic E-state index is 11.7. The fourth-order valence-electron chi connectivity index (χ4n) is 1.29. The normalized spacial score (nSPS) is 16.8. The predicted octanol–water partition coefficient (Wildman–Crippen LogP) is -7.80. The number of carbonyl (C=O) groups is 4. The van der Waals surface area contributed by atoms with Crippen molar-refractivity contribution in [1.29, 1.82) is 0 Å². The maximum atomic E-state index is 11.7. The van der Waals surface area contributed by atoms with Crippen molar-refractivity contribution in [2.45, 2.75) is 23.8 Å². The molecule has 0 spiro atoms. The second kappa shape index (κ2) is 11.7. The van der Waals surface area contributed by atoms with Gasteiger partial charge < -0.3 is 64.7 Å². The molecule has 0 aromatic rings. The first kappa shape index (κ1) is 27.6. The van der Waals surface area contributed by atoms with Crippen LogP contribution in [-0.4, -0.2) is 127 Å². The summed E-state index contributed by atoms with van der Waals surface area (Å²) in [5.74, 6) is -15.1. The molecule has 0 aliphatic rings. The minimum absolute atomic E-state index is 1.20. The molecule has 30 heavy (non-hydrogen) atoms. The fraction of sp³-hybridized carbons (Fsp3) is 0.667. The molecule has 172 valence electrons. The lowest BCUT2D eigenvalue weighted by molar-refractivity contribution is -0.241. The highest BCUT2D eigenvalue weighted by Gasteiger charge is 2.49. The van der Waals surface area contributed by atoms with E-state index in [1.165, 1.54) is 0 Å². The predicted molar refractivity (Wildman–Crippen MR) is 82.6 cm³/mol. The molecule has 0 fully saturated rings. The van der Waals surface area contributed by atoms with Gasteiger partial charge in [-0.15, -0.1) is 0 Å². The number of rotatable bonds is 12. The molecule has 0 aliphatic heterocycles. The van der Waals surface area contributed by atoms with Crippen LogP contribution in [0, 0.1) is 0 Å². The minimum atomic E-state index is -3.55. The van der Waals surface area contributed by atoms with E-state index in [2.05, 4.69) is 18.8 Å². The number of hydrogen-bond acceptors (Lipinski definition) is 17. The SMILES string of the molecule is O=C(OC(O)(CO)C(=O)OB(O)OC(=O)C(O)(CO)OC(=O)C(O)CO)C(O)CO. The van der Waals surface area contributed by atoms with E-state index >= 15 is 0 Å². The highest BCUT2D eigenvalue weighted by molar-refractivity contribution is 6.40. The number of ether oxygens (including phenoxy) is 2. The average molecular weight is 446 g/mol. The topological polar surface area (TPSA) is 287 Å². The van der Waals surface area contributed by atoms with Crippen LogP contribution in [0.15, 0.2) is 0 Å². The highest BCUT2D eigenvalue weighted by Crippen LogP contribution is 2.14. The van der Waals surface area contributed by atoms with Crippen LogP contribution in [0.5, 0.6) is 0 Å². The molecule has 0 saturated carbocycles. The van der Waals surface area contributed by atoms with Crippen LogP contribution in [0.1, 0.15) is 0 Å². The number of aliphatic hydroxyl groups excluding tert-OH is 6. The molecular weight excluding hydrogens is 427 g/mol. The third-order valence-electron chi connectivity index (χ3n) is 2.91. The van der Waals surface area contributed by atoms with Gasteiger partial charge in [0, 0.05) is 0 Å². The lowest BCUT2D eigenvalue weighted by Gasteiger charge is -2.26. The summed E-state index contributed by atoms with van der Waals surface area (Å²) in [5.41, 5.74) is 0. The largest absolute Gasteiger partial charge is 0.789 e. The molecular formula is C12H19BO17. The summed E-state index contributed by atoms with van der Waals surface area (Å²) < 4.78 is 15.9. The van der Waals surface area contributed by atoms with Crippen molar-refractivity contribution in [3.63, 3.8) is 0 Å². The van der Waals surface area contributed by atoms with E-state index in [1.807, 2.05) is 0 Å². The summed E-state index contributed by atoms with van der Waals surface area (Å²) in [6, 6.07) is 0. The standard InChI is InChI=1S/C12H19BO17/c14-1-5(18)7(20)27-11(24,3-16)9(22)29-13(26)30-10(23)12(25,4-17)28-8(21)6(19)2-15/h5-6,14-19,24-26H,1-4H2. The molecule has 0 aromatic carbocycles. The summed E-state index contributed by atoms with van der Waals surface area (Å²) in [6.45, 7) is -5.79. The van der Waals surface area contributed by atoms with Gasteiger partial charge in [0.25, 0.3) is 0 Å². The second-order valence-electron chi connectivity index (χ2n) is 5.24. The van der Waals surface area contributed by atoms with Crippen LogP contribution >= 0.6 is 0 Å². The lowest BCUT2D eigenvalue weighted by Crippen LogP contribution is -2.54. The van der Waals surface area contributed by atoms with Gasteiger partial charge in [-0.2, -0.15) is 0 Å². The van der Waals surface area contributed by atoms with Crippen LogP contribution in [0.3, 0.4) is 0 Å². The van der Waals surface area contributed by atoms with Gasteiger partial charge in [-0.3, -0.25) is 0 Å². The van der Waals surface area contributed by atoms with Crippen LogP contribution in [0.2, 0.25) is 0 Å². The maximum Gasteiger partial charge on any atom is 0.789 e. The molecule has 0 bridgehead atoms. The Labute approximate surface area is 166 Å².